The molecular formula is C19H16ClN5OS2. The molecule has 9 heteroatoms. The molecule has 142 valence electrons. The Balaban J connectivity index is 1.40. The number of halogens is 1. The monoisotopic (exact) mass is 429 g/mol. The lowest BCUT2D eigenvalue weighted by atomic mass is 10.2. The minimum absolute atomic E-state index is 0.0102. The van der Waals surface area contributed by atoms with Crippen molar-refractivity contribution in [3.63, 3.8) is 0 Å². The predicted molar refractivity (Wildman–Crippen MR) is 111 cm³/mol. The quantitative estimate of drug-likeness (QED) is 0.323. The van der Waals surface area contributed by atoms with E-state index in [1.807, 2.05) is 6.07 Å². The molecule has 2 aliphatic carbocycles. The molecule has 2 saturated carbocycles. The highest BCUT2D eigenvalue weighted by Gasteiger charge is 2.36. The number of hydrogen-bond acceptors (Lipinski definition) is 7. The zero-order valence-electron chi connectivity index (χ0n) is 14.8. The van der Waals surface area contributed by atoms with Crippen LogP contribution >= 0.6 is 34.7 Å². The second-order valence-corrected chi connectivity index (χ2v) is 9.48. The largest absolute Gasteiger partial charge is 0.510 e. The average Bonchev–Trinajstić information content (AvgIpc) is 3.61. The van der Waals surface area contributed by atoms with Gasteiger partial charge in [0.05, 0.1) is 16.0 Å². The molecule has 2 fully saturated rings. The van der Waals surface area contributed by atoms with Crippen LogP contribution in [0.2, 0.25) is 5.02 Å². The van der Waals surface area contributed by atoms with Gasteiger partial charge >= 0.3 is 0 Å². The highest BCUT2D eigenvalue weighted by atomic mass is 35.5. The number of thiazole rings is 1. The number of rotatable bonds is 6. The minimum atomic E-state index is 0.0102. The van der Waals surface area contributed by atoms with Gasteiger partial charge in [-0.15, -0.1) is 21.5 Å². The standard InChI is InChI=1S/C19H16ClN5OS2/c20-11-3-6-16-14(7-11)22-18(28-16)13(8-21)15(26)9-27-19-24-23-17(10-1-2-10)25(19)12-4-5-12/h3,6-7,10,12,26H,1-2,4-5,9H2/b15-13-. The summed E-state index contributed by atoms with van der Waals surface area (Å²) in [6, 6.07) is 8.01. The summed E-state index contributed by atoms with van der Waals surface area (Å²) in [6.45, 7) is 0. The Morgan fingerprint density at radius 1 is 1.32 bits per heavy atom. The zero-order valence-corrected chi connectivity index (χ0v) is 17.2. The number of hydrogen-bond donors (Lipinski definition) is 1. The van der Waals surface area contributed by atoms with Crippen LogP contribution in [0.25, 0.3) is 15.8 Å². The number of nitriles is 1. The van der Waals surface area contributed by atoms with Crippen molar-refractivity contribution in [3.05, 3.63) is 39.8 Å². The molecule has 6 nitrogen and oxygen atoms in total. The van der Waals surface area contributed by atoms with Gasteiger partial charge in [-0.05, 0) is 43.9 Å². The van der Waals surface area contributed by atoms with E-state index in [0.717, 1.165) is 34.0 Å². The number of nitrogens with zero attached hydrogens (tertiary/aromatic N) is 5. The molecule has 0 unspecified atom stereocenters. The predicted octanol–water partition coefficient (Wildman–Crippen LogP) is 5.34. The molecule has 28 heavy (non-hydrogen) atoms. The molecule has 1 aromatic carbocycles. The molecule has 3 aromatic rings. The Morgan fingerprint density at radius 2 is 2.14 bits per heavy atom. The van der Waals surface area contributed by atoms with E-state index in [0.29, 0.717) is 22.0 Å². The number of fused-ring (bicyclic) bond motifs is 1. The molecule has 2 heterocycles. The summed E-state index contributed by atoms with van der Waals surface area (Å²) < 4.78 is 3.16. The van der Waals surface area contributed by atoms with Gasteiger partial charge in [-0.1, -0.05) is 23.4 Å². The summed E-state index contributed by atoms with van der Waals surface area (Å²) in [5, 5.41) is 30.8. The van der Waals surface area contributed by atoms with E-state index in [1.165, 1.54) is 35.9 Å². The molecule has 2 aromatic heterocycles. The van der Waals surface area contributed by atoms with Crippen molar-refractivity contribution in [2.75, 3.05) is 5.75 Å². The molecular weight excluding hydrogens is 414 g/mol. The number of aromatic nitrogens is 4. The summed E-state index contributed by atoms with van der Waals surface area (Å²) >= 11 is 8.81. The maximum atomic E-state index is 10.6. The first kappa shape index (κ1) is 18.0. The maximum Gasteiger partial charge on any atom is 0.191 e. The van der Waals surface area contributed by atoms with E-state index in [9.17, 15) is 10.4 Å². The van der Waals surface area contributed by atoms with Gasteiger partial charge in [-0.3, -0.25) is 0 Å². The van der Waals surface area contributed by atoms with Crippen molar-refractivity contribution in [1.29, 1.82) is 5.26 Å². The highest BCUT2D eigenvalue weighted by Crippen LogP contribution is 2.46. The lowest BCUT2D eigenvalue weighted by molar-refractivity contribution is 0.420. The molecule has 0 aliphatic heterocycles. The molecule has 0 bridgehead atoms. The summed E-state index contributed by atoms with van der Waals surface area (Å²) in [6.07, 6.45) is 4.68. The van der Waals surface area contributed by atoms with Crippen molar-refractivity contribution in [1.82, 2.24) is 19.7 Å². The van der Waals surface area contributed by atoms with Crippen LogP contribution < -0.4 is 0 Å². The van der Waals surface area contributed by atoms with Crippen LogP contribution in [0.15, 0.2) is 29.1 Å². The molecule has 0 spiro atoms. The molecule has 0 amide bonds. The second kappa shape index (κ2) is 7.07. The van der Waals surface area contributed by atoms with Crippen LogP contribution in [-0.4, -0.2) is 30.6 Å². The third-order valence-corrected chi connectivity index (χ3v) is 7.09. The summed E-state index contributed by atoms with van der Waals surface area (Å²) in [5.41, 5.74) is 0.924. The van der Waals surface area contributed by atoms with Gasteiger partial charge in [0.1, 0.15) is 28.2 Å². The summed E-state index contributed by atoms with van der Waals surface area (Å²) in [5.74, 6) is 1.89. The number of aliphatic hydroxyl groups is 1. The van der Waals surface area contributed by atoms with Crippen molar-refractivity contribution in [3.8, 4) is 6.07 Å². The van der Waals surface area contributed by atoms with Crippen LogP contribution in [0.4, 0.5) is 0 Å². The Morgan fingerprint density at radius 3 is 2.86 bits per heavy atom. The van der Waals surface area contributed by atoms with Crippen LogP contribution in [0.1, 0.15) is 48.5 Å². The molecule has 0 atom stereocenters. The van der Waals surface area contributed by atoms with Gasteiger partial charge in [0.25, 0.3) is 0 Å². The number of allylic oxidation sites excluding steroid dienone is 1. The lowest BCUT2D eigenvalue weighted by Crippen LogP contribution is -2.02. The first-order chi connectivity index (χ1) is 13.6. The number of aliphatic hydroxyl groups excluding tert-OH is 1. The number of thioether (sulfide) groups is 1. The SMILES string of the molecule is N#C/C(=C(/O)CSc1nnc(C2CC2)n1C1CC1)c1nc2cc(Cl)ccc2s1. The van der Waals surface area contributed by atoms with Crippen LogP contribution in [-0.2, 0) is 0 Å². The van der Waals surface area contributed by atoms with E-state index < -0.39 is 0 Å². The first-order valence-electron chi connectivity index (χ1n) is 9.10. The molecule has 2 aliphatic rings. The maximum absolute atomic E-state index is 10.6. The smallest absolute Gasteiger partial charge is 0.191 e. The van der Waals surface area contributed by atoms with Gasteiger partial charge in [-0.25, -0.2) is 4.98 Å². The van der Waals surface area contributed by atoms with E-state index >= 15 is 0 Å². The van der Waals surface area contributed by atoms with E-state index in [4.69, 9.17) is 11.6 Å². The Kier molecular flexibility index (Phi) is 4.54. The summed E-state index contributed by atoms with van der Waals surface area (Å²) in [4.78, 5) is 4.46. The van der Waals surface area contributed by atoms with E-state index in [2.05, 4.69) is 25.8 Å². The third kappa shape index (κ3) is 3.39. The molecule has 1 N–H and O–H groups in total. The van der Waals surface area contributed by atoms with Crippen LogP contribution in [0.3, 0.4) is 0 Å². The third-order valence-electron chi connectivity index (χ3n) is 4.85. The van der Waals surface area contributed by atoms with Gasteiger partial charge in [0, 0.05) is 17.0 Å². The second-order valence-electron chi connectivity index (χ2n) is 7.07. The van der Waals surface area contributed by atoms with Gasteiger partial charge in [0.2, 0.25) is 0 Å². The van der Waals surface area contributed by atoms with E-state index in [-0.39, 0.29) is 17.1 Å². The summed E-state index contributed by atoms with van der Waals surface area (Å²) in [7, 11) is 0. The molecule has 0 radical (unpaired) electrons. The minimum Gasteiger partial charge on any atom is -0.510 e. The van der Waals surface area contributed by atoms with Gasteiger partial charge < -0.3 is 9.67 Å². The molecule has 0 saturated heterocycles. The van der Waals surface area contributed by atoms with Crippen molar-refractivity contribution in [2.45, 2.75) is 42.8 Å². The average molecular weight is 430 g/mol. The van der Waals surface area contributed by atoms with Crippen molar-refractivity contribution >= 4 is 50.5 Å². The Hall–Kier alpha value is -2.08. The first-order valence-corrected chi connectivity index (χ1v) is 11.3. The Bertz CT molecular complexity index is 1140. The van der Waals surface area contributed by atoms with Crippen molar-refractivity contribution < 1.29 is 5.11 Å². The number of benzene rings is 1. The van der Waals surface area contributed by atoms with Gasteiger partial charge in [-0.2, -0.15) is 5.26 Å². The highest BCUT2D eigenvalue weighted by molar-refractivity contribution is 7.99. The zero-order chi connectivity index (χ0) is 19.3. The fraction of sp³-hybridized carbons (Fsp3) is 0.368. The Labute approximate surface area is 174 Å². The van der Waals surface area contributed by atoms with Gasteiger partial charge in [0.15, 0.2) is 5.16 Å². The fourth-order valence-electron chi connectivity index (χ4n) is 3.13. The lowest BCUT2D eigenvalue weighted by Gasteiger charge is -2.08. The fourth-order valence-corrected chi connectivity index (χ4v) is 5.15. The van der Waals surface area contributed by atoms with Crippen LogP contribution in [0, 0.1) is 11.3 Å². The van der Waals surface area contributed by atoms with Crippen LogP contribution in [0.5, 0.6) is 0 Å². The van der Waals surface area contributed by atoms with E-state index in [1.54, 1.807) is 12.1 Å². The van der Waals surface area contributed by atoms with Crippen molar-refractivity contribution in [2.24, 2.45) is 0 Å². The molecule has 5 rings (SSSR count). The normalized spacial score (nSPS) is 17.6. The topological polar surface area (TPSA) is 87.6 Å².